The summed E-state index contributed by atoms with van der Waals surface area (Å²) in [7, 11) is 0. The molecule has 0 saturated carbocycles. The molecule has 14 nitrogen and oxygen atoms in total. The van der Waals surface area contributed by atoms with Crippen LogP contribution < -0.4 is 25.2 Å². The van der Waals surface area contributed by atoms with E-state index in [1.165, 1.54) is 24.0 Å². The Morgan fingerprint density at radius 3 is 2.22 bits per heavy atom. The quantitative estimate of drug-likeness (QED) is 0.0587. The Balaban J connectivity index is 0.863. The third-order valence-corrected chi connectivity index (χ3v) is 13.4. The number of rotatable bonds is 20. The minimum atomic E-state index is -4.58. The van der Waals surface area contributed by atoms with Crippen molar-refractivity contribution in [2.75, 3.05) is 49.4 Å². The molecule has 69 heavy (non-hydrogen) atoms. The lowest BCUT2D eigenvalue weighted by atomic mass is 9.85. The fraction of sp³-hybridized carbons (Fsp3) is 0.480. The van der Waals surface area contributed by atoms with Crippen molar-refractivity contribution in [2.24, 2.45) is 5.41 Å². The number of hydrogen-bond donors (Lipinski definition) is 3. The van der Waals surface area contributed by atoms with Crippen LogP contribution in [-0.4, -0.2) is 107 Å². The molecule has 3 heterocycles. The number of carbonyl (C=O) groups is 4. The molecule has 4 aromatic rings. The van der Waals surface area contributed by atoms with Crippen molar-refractivity contribution in [3.05, 3.63) is 94.6 Å². The summed E-state index contributed by atoms with van der Waals surface area (Å²) in [4.78, 5) is 63.5. The molecule has 0 bridgehead atoms. The molecule has 2 fully saturated rings. The van der Waals surface area contributed by atoms with Crippen LogP contribution in [0.4, 0.5) is 24.5 Å². The van der Waals surface area contributed by atoms with Gasteiger partial charge in [-0.05, 0) is 111 Å². The Morgan fingerprint density at radius 1 is 0.928 bits per heavy atom. The van der Waals surface area contributed by atoms with Gasteiger partial charge >= 0.3 is 6.18 Å². The minimum Gasteiger partial charge on any atom is -0.491 e. The van der Waals surface area contributed by atoms with E-state index in [1.54, 1.807) is 59.9 Å². The average molecular weight is 995 g/mol. The number of thiazole rings is 1. The largest absolute Gasteiger partial charge is 0.491 e. The smallest absolute Gasteiger partial charge is 0.416 e. The zero-order chi connectivity index (χ0) is 50.3. The maximum atomic E-state index is 14.0. The fourth-order valence-electron chi connectivity index (χ4n) is 8.25. The molecule has 19 heteroatoms. The molecular weight excluding hydrogens is 934 g/mol. The van der Waals surface area contributed by atoms with Gasteiger partial charge in [0.1, 0.15) is 30.0 Å². The highest BCUT2D eigenvalue weighted by molar-refractivity contribution is 7.81. The number of alkyl halides is 3. The number of hydrogen-bond acceptors (Lipinski definition) is 11. The van der Waals surface area contributed by atoms with E-state index in [0.717, 1.165) is 32.7 Å². The van der Waals surface area contributed by atoms with Crippen LogP contribution in [0.1, 0.15) is 82.7 Å². The van der Waals surface area contributed by atoms with Gasteiger partial charge in [-0.3, -0.25) is 24.1 Å². The normalized spacial score (nSPS) is 17.6. The number of benzene rings is 3. The summed E-state index contributed by atoms with van der Waals surface area (Å²) < 4.78 is 58.1. The van der Waals surface area contributed by atoms with E-state index in [-0.39, 0.29) is 67.3 Å². The number of aromatic nitrogens is 1. The number of aliphatic hydroxyl groups excluding tert-OH is 1. The standard InChI is InChI=1S/C50H61F3N6O8S2/c1-31-11-16-36(26-39(31)50(51,52)53)58-46(64)49(6,7)59(47(58)68)35-17-19-38(20-18-35)67-25-24-66-23-22-65-21-9-8-10-41(61)56-43(48(3,4)5)45(63)57-29-37(60)27-40(57)44(62)54-28-33-12-14-34(15-13-33)42-32(2)55-30-69-42/h11-20,26,30,37,40,43,60H,8-10,21-25,27-29H2,1-7H3,(H,54,62)(H,56,61)/t37-,40+,43-/m1/s1. The molecule has 4 amide bonds. The van der Waals surface area contributed by atoms with Gasteiger partial charge in [0.05, 0.1) is 53.3 Å². The van der Waals surface area contributed by atoms with E-state index in [9.17, 15) is 37.5 Å². The summed E-state index contributed by atoms with van der Waals surface area (Å²) in [5.74, 6) is -0.999. The average Bonchev–Trinajstić information content (AvgIpc) is 3.96. The summed E-state index contributed by atoms with van der Waals surface area (Å²) in [6, 6.07) is 16.6. The molecule has 0 spiro atoms. The molecule has 3 aromatic carbocycles. The van der Waals surface area contributed by atoms with Crippen LogP contribution in [0, 0.1) is 19.3 Å². The van der Waals surface area contributed by atoms with Crippen molar-refractivity contribution in [2.45, 2.75) is 111 Å². The number of aliphatic hydroxyl groups is 1. The van der Waals surface area contributed by atoms with Crippen LogP contribution in [0.5, 0.6) is 5.75 Å². The molecule has 1 aromatic heterocycles. The number of halogens is 3. The highest BCUT2D eigenvalue weighted by Gasteiger charge is 2.51. The van der Waals surface area contributed by atoms with Gasteiger partial charge in [-0.1, -0.05) is 51.1 Å². The van der Waals surface area contributed by atoms with Gasteiger partial charge in [0.2, 0.25) is 17.7 Å². The number of ether oxygens (including phenoxy) is 3. The maximum Gasteiger partial charge on any atom is 0.416 e. The van der Waals surface area contributed by atoms with Gasteiger partial charge < -0.3 is 39.8 Å². The third-order valence-electron chi connectivity index (χ3n) is 12.1. The molecule has 2 aliphatic heterocycles. The van der Waals surface area contributed by atoms with Crippen molar-refractivity contribution in [3.63, 3.8) is 0 Å². The van der Waals surface area contributed by atoms with E-state index in [0.29, 0.717) is 44.1 Å². The molecule has 0 radical (unpaired) electrons. The first-order valence-electron chi connectivity index (χ1n) is 22.9. The van der Waals surface area contributed by atoms with Gasteiger partial charge in [0.25, 0.3) is 5.91 Å². The number of nitrogens with zero attached hydrogens (tertiary/aromatic N) is 4. The van der Waals surface area contributed by atoms with Crippen LogP contribution in [0.3, 0.4) is 0 Å². The Bertz CT molecular complexity index is 2460. The van der Waals surface area contributed by atoms with Gasteiger partial charge in [-0.15, -0.1) is 11.3 Å². The summed E-state index contributed by atoms with van der Waals surface area (Å²) in [6.07, 6.45) is -4.06. The molecule has 2 saturated heterocycles. The molecule has 6 rings (SSSR count). The number of aryl methyl sites for hydroxylation is 2. The molecule has 3 atom stereocenters. The fourth-order valence-corrected chi connectivity index (χ4v) is 9.58. The van der Waals surface area contributed by atoms with E-state index in [2.05, 4.69) is 15.6 Å². The SMILES string of the molecule is Cc1ccc(N2C(=O)C(C)(C)N(c3ccc(OCCOCCOCCCCC(=O)N[C@H](C(=O)N4C[C@H](O)C[C@H]4C(=O)NCc4ccc(-c5scnc5C)cc4)C(C)(C)C)cc3)C2=S)cc1C(F)(F)F. The predicted octanol–water partition coefficient (Wildman–Crippen LogP) is 7.75. The highest BCUT2D eigenvalue weighted by atomic mass is 32.1. The number of likely N-dealkylation sites (tertiary alicyclic amines) is 1. The van der Waals surface area contributed by atoms with Crippen molar-refractivity contribution in [3.8, 4) is 16.2 Å². The highest BCUT2D eigenvalue weighted by Crippen LogP contribution is 2.40. The lowest BCUT2D eigenvalue weighted by molar-refractivity contribution is -0.144. The minimum absolute atomic E-state index is 0.0108. The topological polar surface area (TPSA) is 163 Å². The second-order valence-corrected chi connectivity index (χ2v) is 20.0. The molecule has 0 unspecified atom stereocenters. The van der Waals surface area contributed by atoms with Gasteiger partial charge in [0, 0.05) is 38.2 Å². The van der Waals surface area contributed by atoms with Crippen molar-refractivity contribution >= 4 is 63.7 Å². The summed E-state index contributed by atoms with van der Waals surface area (Å²) in [5, 5.41) is 16.4. The zero-order valence-corrected chi connectivity index (χ0v) is 41.6. The monoisotopic (exact) mass is 994 g/mol. The Kier molecular flexibility index (Phi) is 17.3. The summed E-state index contributed by atoms with van der Waals surface area (Å²) in [6.45, 7) is 14.0. The maximum absolute atomic E-state index is 14.0. The van der Waals surface area contributed by atoms with E-state index < -0.39 is 52.7 Å². The summed E-state index contributed by atoms with van der Waals surface area (Å²) in [5.41, 5.74) is 2.68. The number of amides is 4. The number of carbonyl (C=O) groups excluding carboxylic acids is 4. The van der Waals surface area contributed by atoms with Gasteiger partial charge in [-0.2, -0.15) is 13.2 Å². The molecular formula is C50H61F3N6O8S2. The van der Waals surface area contributed by atoms with Crippen LogP contribution in [0.25, 0.3) is 10.4 Å². The Hall–Kier alpha value is -5.47. The number of anilines is 2. The third kappa shape index (κ3) is 13.0. The molecule has 0 aliphatic carbocycles. The van der Waals surface area contributed by atoms with Crippen LogP contribution in [-0.2, 0) is 41.4 Å². The number of thiocarbonyl (C=S) groups is 1. The second-order valence-electron chi connectivity index (χ2n) is 18.8. The number of β-amino-alcohol motifs (C(OH)–C–C–N with tert-alkyl or cyclic N) is 1. The van der Waals surface area contributed by atoms with Gasteiger partial charge in [0.15, 0.2) is 5.11 Å². The Morgan fingerprint density at radius 2 is 1.58 bits per heavy atom. The van der Waals surface area contributed by atoms with E-state index in [1.807, 2.05) is 52.0 Å². The van der Waals surface area contributed by atoms with Crippen molar-refractivity contribution in [1.29, 1.82) is 0 Å². The lowest BCUT2D eigenvalue weighted by Crippen LogP contribution is -2.57. The second kappa shape index (κ2) is 22.5. The number of nitrogens with one attached hydrogen (secondary N) is 2. The Labute approximate surface area is 410 Å². The zero-order valence-electron chi connectivity index (χ0n) is 40.0. The lowest BCUT2D eigenvalue weighted by Gasteiger charge is -2.35. The van der Waals surface area contributed by atoms with Crippen LogP contribution in [0.2, 0.25) is 0 Å². The molecule has 2 aliphatic rings. The molecule has 372 valence electrons. The van der Waals surface area contributed by atoms with Crippen molar-refractivity contribution in [1.82, 2.24) is 20.5 Å². The van der Waals surface area contributed by atoms with E-state index >= 15 is 0 Å². The predicted molar refractivity (Wildman–Crippen MR) is 262 cm³/mol. The first-order valence-corrected chi connectivity index (χ1v) is 24.2. The van der Waals surface area contributed by atoms with Crippen LogP contribution >= 0.6 is 23.6 Å². The van der Waals surface area contributed by atoms with E-state index in [4.69, 9.17) is 26.4 Å². The van der Waals surface area contributed by atoms with Crippen molar-refractivity contribution < 1.29 is 51.7 Å². The van der Waals surface area contributed by atoms with Crippen LogP contribution in [0.15, 0.2) is 72.2 Å². The first-order chi connectivity index (χ1) is 32.6. The van der Waals surface area contributed by atoms with Gasteiger partial charge in [-0.25, -0.2) is 4.98 Å². The first kappa shape index (κ1) is 52.9. The summed E-state index contributed by atoms with van der Waals surface area (Å²) >= 11 is 7.21. The molecule has 3 N–H and O–H groups in total. The number of unbranched alkanes of at least 4 members (excludes halogenated alkanes) is 1.